The van der Waals surface area contributed by atoms with Crippen LogP contribution in [0, 0.1) is 0 Å². The first-order valence-corrected chi connectivity index (χ1v) is 2.64. The molecule has 2 N–H and O–H groups in total. The van der Waals surface area contributed by atoms with E-state index in [1.165, 1.54) is 0 Å². The molecule has 1 radical (unpaired) electrons. The molecule has 0 spiro atoms. The summed E-state index contributed by atoms with van der Waals surface area (Å²) in [7, 11) is 0. The SMILES string of the molecule is NN=[C]c1ccccc1. The summed E-state index contributed by atoms with van der Waals surface area (Å²) in [5, 5.41) is 3.26. The van der Waals surface area contributed by atoms with E-state index in [4.69, 9.17) is 5.84 Å². The molecule has 0 aliphatic carbocycles. The van der Waals surface area contributed by atoms with E-state index >= 15 is 0 Å². The quantitative estimate of drug-likeness (QED) is 0.332. The zero-order valence-electron chi connectivity index (χ0n) is 4.91. The van der Waals surface area contributed by atoms with Gasteiger partial charge in [0, 0.05) is 5.56 Å². The van der Waals surface area contributed by atoms with Crippen LogP contribution in [0.15, 0.2) is 35.4 Å². The molecule has 45 valence electrons. The average molecular weight is 119 g/mol. The molecule has 0 atom stereocenters. The Morgan fingerprint density at radius 1 is 1.22 bits per heavy atom. The van der Waals surface area contributed by atoms with Gasteiger partial charge in [-0.15, -0.1) is 0 Å². The monoisotopic (exact) mass is 119 g/mol. The van der Waals surface area contributed by atoms with E-state index in [2.05, 4.69) is 11.3 Å². The summed E-state index contributed by atoms with van der Waals surface area (Å²) >= 11 is 0. The maximum absolute atomic E-state index is 4.87. The van der Waals surface area contributed by atoms with E-state index in [0.29, 0.717) is 0 Å². The topological polar surface area (TPSA) is 38.4 Å². The number of hydrogen-bond donors (Lipinski definition) is 1. The normalized spacial score (nSPS) is 10.2. The second-order valence-electron chi connectivity index (χ2n) is 1.61. The molecule has 2 nitrogen and oxygen atoms in total. The highest BCUT2D eigenvalue weighted by Gasteiger charge is 1.80. The molecule has 0 aliphatic heterocycles. The van der Waals surface area contributed by atoms with Crippen molar-refractivity contribution in [2.45, 2.75) is 0 Å². The summed E-state index contributed by atoms with van der Waals surface area (Å²) in [6.07, 6.45) is 2.61. The second kappa shape index (κ2) is 2.87. The van der Waals surface area contributed by atoms with Gasteiger partial charge in [0.15, 0.2) is 0 Å². The predicted molar refractivity (Wildman–Crippen MR) is 37.2 cm³/mol. The lowest BCUT2D eigenvalue weighted by Crippen LogP contribution is -1.83. The van der Waals surface area contributed by atoms with E-state index in [-0.39, 0.29) is 0 Å². The lowest BCUT2D eigenvalue weighted by atomic mass is 10.2. The Bertz CT molecular complexity index is 191. The average Bonchev–Trinajstić information content (AvgIpc) is 1.91. The van der Waals surface area contributed by atoms with Gasteiger partial charge in [-0.25, -0.2) is 0 Å². The highest BCUT2D eigenvalue weighted by molar-refractivity contribution is 5.78. The summed E-state index contributed by atoms with van der Waals surface area (Å²) < 4.78 is 0. The number of hydrazone groups is 1. The van der Waals surface area contributed by atoms with Gasteiger partial charge in [-0.05, 0) is 0 Å². The van der Waals surface area contributed by atoms with Gasteiger partial charge >= 0.3 is 0 Å². The largest absolute Gasteiger partial charge is 0.323 e. The van der Waals surface area contributed by atoms with Crippen LogP contribution < -0.4 is 5.84 Å². The Hall–Kier alpha value is -1.31. The third-order valence-corrected chi connectivity index (χ3v) is 0.967. The first-order valence-electron chi connectivity index (χ1n) is 2.64. The van der Waals surface area contributed by atoms with E-state index in [1.807, 2.05) is 30.3 Å². The molecule has 0 saturated heterocycles. The smallest absolute Gasteiger partial charge is 0.118 e. The van der Waals surface area contributed by atoms with Crippen molar-refractivity contribution < 1.29 is 0 Å². The van der Waals surface area contributed by atoms with Crippen molar-refractivity contribution in [3.8, 4) is 0 Å². The van der Waals surface area contributed by atoms with Gasteiger partial charge in [-0.1, -0.05) is 30.3 Å². The summed E-state index contributed by atoms with van der Waals surface area (Å²) in [4.78, 5) is 0. The molecule has 0 heterocycles. The van der Waals surface area contributed by atoms with Gasteiger partial charge in [-0.3, -0.25) is 0 Å². The highest BCUT2D eigenvalue weighted by atomic mass is 15.1. The standard InChI is InChI=1S/C7H7N2/c8-9-6-7-4-2-1-3-5-7/h1-5H,8H2. The molecule has 0 bridgehead atoms. The van der Waals surface area contributed by atoms with Crippen LogP contribution in [-0.4, -0.2) is 6.21 Å². The minimum absolute atomic E-state index is 0.903. The molecule has 0 aliphatic rings. The van der Waals surface area contributed by atoms with Crippen molar-refractivity contribution in [1.82, 2.24) is 0 Å². The Kier molecular flexibility index (Phi) is 1.85. The maximum Gasteiger partial charge on any atom is 0.118 e. The van der Waals surface area contributed by atoms with Crippen LogP contribution in [0.1, 0.15) is 5.56 Å². The van der Waals surface area contributed by atoms with Crippen molar-refractivity contribution >= 4 is 6.21 Å². The van der Waals surface area contributed by atoms with Gasteiger partial charge < -0.3 is 5.84 Å². The Balaban J connectivity index is 2.85. The van der Waals surface area contributed by atoms with Crippen molar-refractivity contribution in [3.63, 3.8) is 0 Å². The summed E-state index contributed by atoms with van der Waals surface area (Å²) in [5.74, 6) is 4.87. The fraction of sp³-hybridized carbons (Fsp3) is 0. The first-order chi connectivity index (χ1) is 4.43. The van der Waals surface area contributed by atoms with Gasteiger partial charge in [0.05, 0.1) is 0 Å². The molecule has 1 aromatic carbocycles. The molecular formula is C7H7N2. The number of hydrogen-bond acceptors (Lipinski definition) is 2. The molecule has 0 amide bonds. The Morgan fingerprint density at radius 3 is 2.44 bits per heavy atom. The molecular weight excluding hydrogens is 112 g/mol. The zero-order chi connectivity index (χ0) is 6.53. The predicted octanol–water partition coefficient (Wildman–Crippen LogP) is 0.856. The van der Waals surface area contributed by atoms with E-state index in [0.717, 1.165) is 5.56 Å². The van der Waals surface area contributed by atoms with E-state index in [9.17, 15) is 0 Å². The van der Waals surface area contributed by atoms with Gasteiger partial charge in [0.25, 0.3) is 0 Å². The molecule has 1 rings (SSSR count). The van der Waals surface area contributed by atoms with Crippen LogP contribution in [0.2, 0.25) is 0 Å². The van der Waals surface area contributed by atoms with E-state index in [1.54, 1.807) is 0 Å². The summed E-state index contributed by atoms with van der Waals surface area (Å²) in [6.45, 7) is 0. The molecule has 0 fully saturated rings. The molecule has 0 aromatic heterocycles. The Morgan fingerprint density at radius 2 is 1.89 bits per heavy atom. The molecule has 1 aromatic rings. The zero-order valence-corrected chi connectivity index (χ0v) is 4.91. The van der Waals surface area contributed by atoms with Crippen LogP contribution >= 0.6 is 0 Å². The number of nitrogens with zero attached hydrogens (tertiary/aromatic N) is 1. The first kappa shape index (κ1) is 5.82. The molecule has 9 heavy (non-hydrogen) atoms. The van der Waals surface area contributed by atoms with Crippen LogP contribution in [0.5, 0.6) is 0 Å². The number of benzene rings is 1. The second-order valence-corrected chi connectivity index (χ2v) is 1.61. The van der Waals surface area contributed by atoms with Crippen molar-refractivity contribution in [1.29, 1.82) is 0 Å². The lowest BCUT2D eigenvalue weighted by Gasteiger charge is -1.84. The minimum Gasteiger partial charge on any atom is -0.323 e. The number of nitrogens with two attached hydrogens (primary N) is 1. The molecule has 2 heteroatoms. The summed E-state index contributed by atoms with van der Waals surface area (Å²) in [5.41, 5.74) is 0.903. The third kappa shape index (κ3) is 1.57. The fourth-order valence-electron chi connectivity index (χ4n) is 0.587. The van der Waals surface area contributed by atoms with Gasteiger partial charge in [0.1, 0.15) is 6.21 Å². The van der Waals surface area contributed by atoms with Crippen molar-refractivity contribution in [3.05, 3.63) is 35.9 Å². The maximum atomic E-state index is 4.87. The number of rotatable bonds is 1. The fourth-order valence-corrected chi connectivity index (χ4v) is 0.587. The third-order valence-electron chi connectivity index (χ3n) is 0.967. The molecule has 0 unspecified atom stereocenters. The lowest BCUT2D eigenvalue weighted by molar-refractivity contribution is 1.26. The molecule has 0 saturated carbocycles. The van der Waals surface area contributed by atoms with Crippen molar-refractivity contribution in [2.24, 2.45) is 10.9 Å². The highest BCUT2D eigenvalue weighted by Crippen LogP contribution is 1.92. The van der Waals surface area contributed by atoms with Crippen LogP contribution in [0.4, 0.5) is 0 Å². The van der Waals surface area contributed by atoms with Crippen LogP contribution in [0.25, 0.3) is 0 Å². The minimum atomic E-state index is 0.903. The Labute approximate surface area is 54.0 Å². The van der Waals surface area contributed by atoms with Gasteiger partial charge in [-0.2, -0.15) is 5.10 Å². The van der Waals surface area contributed by atoms with E-state index < -0.39 is 0 Å². The van der Waals surface area contributed by atoms with Crippen molar-refractivity contribution in [2.75, 3.05) is 0 Å². The summed E-state index contributed by atoms with van der Waals surface area (Å²) in [6, 6.07) is 9.52. The van der Waals surface area contributed by atoms with Crippen LogP contribution in [0.3, 0.4) is 0 Å². The van der Waals surface area contributed by atoms with Gasteiger partial charge in [0.2, 0.25) is 0 Å². The van der Waals surface area contributed by atoms with Crippen LogP contribution in [-0.2, 0) is 0 Å².